The summed E-state index contributed by atoms with van der Waals surface area (Å²) in [7, 11) is 0. The lowest BCUT2D eigenvalue weighted by atomic mass is 10.0. The van der Waals surface area contributed by atoms with Crippen molar-refractivity contribution in [3.63, 3.8) is 0 Å². The summed E-state index contributed by atoms with van der Waals surface area (Å²) in [5.74, 6) is -1.71. The highest BCUT2D eigenvalue weighted by Crippen LogP contribution is 2.38. The van der Waals surface area contributed by atoms with E-state index in [1.807, 2.05) is 0 Å². The number of halogens is 3. The number of fused-ring (bicyclic) bond motifs is 1. The second kappa shape index (κ2) is 4.75. The summed E-state index contributed by atoms with van der Waals surface area (Å²) in [5, 5.41) is 21.2. The number of carboxylic acid groups (broad SMARTS) is 1. The Kier molecular flexibility index (Phi) is 3.38. The SMILES string of the molecule is Cc1nn(CCO)c2ncc(C(=O)O)c(C(F)(F)F)c12. The number of pyridine rings is 1. The zero-order valence-electron chi connectivity index (χ0n) is 10.3. The molecule has 0 bridgehead atoms. The minimum Gasteiger partial charge on any atom is -0.478 e. The number of alkyl halides is 3. The molecule has 0 aliphatic rings. The molecule has 2 aromatic heterocycles. The van der Waals surface area contributed by atoms with Crippen LogP contribution in [0.1, 0.15) is 21.6 Å². The van der Waals surface area contributed by atoms with Gasteiger partial charge in [-0.2, -0.15) is 18.3 Å². The first-order valence-corrected chi connectivity index (χ1v) is 5.54. The van der Waals surface area contributed by atoms with Crippen molar-refractivity contribution < 1.29 is 28.2 Å². The highest BCUT2D eigenvalue weighted by atomic mass is 19.4. The summed E-state index contributed by atoms with van der Waals surface area (Å²) < 4.78 is 40.5. The number of hydrogen-bond acceptors (Lipinski definition) is 4. The molecule has 6 nitrogen and oxygen atoms in total. The van der Waals surface area contributed by atoms with Gasteiger partial charge in [0.25, 0.3) is 0 Å². The van der Waals surface area contributed by atoms with Gasteiger partial charge in [0.15, 0.2) is 5.65 Å². The van der Waals surface area contributed by atoms with Crippen LogP contribution in [0.3, 0.4) is 0 Å². The number of aliphatic hydroxyl groups is 1. The molecule has 0 saturated heterocycles. The molecule has 2 aromatic rings. The zero-order chi connectivity index (χ0) is 15.1. The molecule has 108 valence electrons. The normalized spacial score (nSPS) is 12.1. The van der Waals surface area contributed by atoms with Crippen LogP contribution < -0.4 is 0 Å². The predicted octanol–water partition coefficient (Wildman–Crippen LogP) is 1.45. The summed E-state index contributed by atoms with van der Waals surface area (Å²) in [6.45, 7) is 0.986. The van der Waals surface area contributed by atoms with Crippen LogP contribution in [-0.4, -0.2) is 37.6 Å². The monoisotopic (exact) mass is 289 g/mol. The molecule has 2 heterocycles. The van der Waals surface area contributed by atoms with Gasteiger partial charge in [0.1, 0.15) is 0 Å². The van der Waals surface area contributed by atoms with Crippen molar-refractivity contribution in [1.82, 2.24) is 14.8 Å². The molecule has 0 spiro atoms. The van der Waals surface area contributed by atoms with E-state index >= 15 is 0 Å². The van der Waals surface area contributed by atoms with E-state index in [9.17, 15) is 18.0 Å². The van der Waals surface area contributed by atoms with Gasteiger partial charge < -0.3 is 10.2 Å². The first-order chi connectivity index (χ1) is 9.27. The van der Waals surface area contributed by atoms with Crippen LogP contribution in [0.4, 0.5) is 13.2 Å². The number of rotatable bonds is 3. The summed E-state index contributed by atoms with van der Waals surface area (Å²) in [6, 6.07) is 0. The standard InChI is InChI=1S/C11H10F3N3O3/c1-5-7-8(11(12,13)14)6(10(19)20)4-15-9(7)17(16-5)2-3-18/h4,18H,2-3H2,1H3,(H,19,20). The minimum absolute atomic E-state index is 0.0105. The summed E-state index contributed by atoms with van der Waals surface area (Å²) in [5.41, 5.74) is -2.28. The molecule has 0 atom stereocenters. The Balaban J connectivity index is 2.88. The Morgan fingerprint density at radius 2 is 2.10 bits per heavy atom. The van der Waals surface area contributed by atoms with E-state index in [0.717, 1.165) is 4.68 Å². The first kappa shape index (κ1) is 14.3. The molecule has 0 aliphatic carbocycles. The third-order valence-electron chi connectivity index (χ3n) is 2.76. The van der Waals surface area contributed by atoms with Crippen LogP contribution >= 0.6 is 0 Å². The predicted molar refractivity (Wildman–Crippen MR) is 61.3 cm³/mol. The van der Waals surface area contributed by atoms with Gasteiger partial charge in [0, 0.05) is 6.20 Å². The van der Waals surface area contributed by atoms with E-state index in [0.29, 0.717) is 6.20 Å². The Labute approximate surface area is 110 Å². The van der Waals surface area contributed by atoms with E-state index < -0.39 is 23.3 Å². The Hall–Kier alpha value is -2.16. The van der Waals surface area contributed by atoms with Gasteiger partial charge in [-0.25, -0.2) is 14.5 Å². The number of nitrogens with zero attached hydrogens (tertiary/aromatic N) is 3. The third kappa shape index (κ3) is 2.20. The maximum Gasteiger partial charge on any atom is 0.418 e. The molecule has 2 rings (SSSR count). The molecule has 0 amide bonds. The number of aromatic carboxylic acids is 1. The van der Waals surface area contributed by atoms with Crippen molar-refractivity contribution in [3.05, 3.63) is 23.0 Å². The minimum atomic E-state index is -4.84. The van der Waals surface area contributed by atoms with Crippen molar-refractivity contribution in [1.29, 1.82) is 0 Å². The second-order valence-corrected chi connectivity index (χ2v) is 4.08. The van der Waals surface area contributed by atoms with Crippen LogP contribution in [0, 0.1) is 6.92 Å². The van der Waals surface area contributed by atoms with Gasteiger partial charge in [0.05, 0.1) is 35.4 Å². The maximum absolute atomic E-state index is 13.1. The van der Waals surface area contributed by atoms with Crippen LogP contribution in [0.5, 0.6) is 0 Å². The Morgan fingerprint density at radius 1 is 1.45 bits per heavy atom. The van der Waals surface area contributed by atoms with Crippen LogP contribution in [0.15, 0.2) is 6.20 Å². The first-order valence-electron chi connectivity index (χ1n) is 5.54. The average Bonchev–Trinajstić information content (AvgIpc) is 2.64. The van der Waals surface area contributed by atoms with Gasteiger partial charge >= 0.3 is 12.1 Å². The van der Waals surface area contributed by atoms with Crippen molar-refractivity contribution in [3.8, 4) is 0 Å². The van der Waals surface area contributed by atoms with Gasteiger partial charge in [0.2, 0.25) is 0 Å². The lowest BCUT2D eigenvalue weighted by Gasteiger charge is -2.11. The van der Waals surface area contributed by atoms with Crippen LogP contribution in [0.25, 0.3) is 11.0 Å². The highest BCUT2D eigenvalue weighted by Gasteiger charge is 2.39. The number of aliphatic hydroxyl groups excluding tert-OH is 1. The third-order valence-corrected chi connectivity index (χ3v) is 2.76. The summed E-state index contributed by atoms with van der Waals surface area (Å²) >= 11 is 0. The fourth-order valence-corrected chi connectivity index (χ4v) is 2.03. The fourth-order valence-electron chi connectivity index (χ4n) is 2.03. The maximum atomic E-state index is 13.1. The molecule has 2 N–H and O–H groups in total. The zero-order valence-corrected chi connectivity index (χ0v) is 10.3. The molecule has 0 saturated carbocycles. The number of aryl methyl sites for hydroxylation is 1. The molecule has 0 unspecified atom stereocenters. The van der Waals surface area contributed by atoms with Crippen molar-refractivity contribution in [2.75, 3.05) is 6.61 Å². The quantitative estimate of drug-likeness (QED) is 0.892. The molecule has 20 heavy (non-hydrogen) atoms. The molecule has 9 heteroatoms. The average molecular weight is 289 g/mol. The number of aromatic nitrogens is 3. The van der Waals surface area contributed by atoms with E-state index in [4.69, 9.17) is 10.2 Å². The fraction of sp³-hybridized carbons (Fsp3) is 0.364. The lowest BCUT2D eigenvalue weighted by Crippen LogP contribution is -2.15. The van der Waals surface area contributed by atoms with Gasteiger partial charge in [-0.3, -0.25) is 0 Å². The second-order valence-electron chi connectivity index (χ2n) is 4.08. The molecular weight excluding hydrogens is 279 g/mol. The lowest BCUT2D eigenvalue weighted by molar-refractivity contribution is -0.136. The van der Waals surface area contributed by atoms with Crippen LogP contribution in [0.2, 0.25) is 0 Å². The molecule has 0 fully saturated rings. The largest absolute Gasteiger partial charge is 0.478 e. The Morgan fingerprint density at radius 3 is 2.60 bits per heavy atom. The van der Waals surface area contributed by atoms with Gasteiger partial charge in [-0.05, 0) is 6.92 Å². The van der Waals surface area contributed by atoms with Crippen LogP contribution in [-0.2, 0) is 12.7 Å². The Bertz CT molecular complexity index is 679. The number of hydrogen-bond donors (Lipinski definition) is 2. The molecule has 0 aromatic carbocycles. The van der Waals surface area contributed by atoms with E-state index in [2.05, 4.69) is 10.1 Å². The molecular formula is C11H10F3N3O3. The highest BCUT2D eigenvalue weighted by molar-refractivity contribution is 5.96. The van der Waals surface area contributed by atoms with Gasteiger partial charge in [-0.15, -0.1) is 0 Å². The van der Waals surface area contributed by atoms with E-state index in [-0.39, 0.29) is 29.9 Å². The van der Waals surface area contributed by atoms with Gasteiger partial charge in [-0.1, -0.05) is 0 Å². The van der Waals surface area contributed by atoms with Crippen molar-refractivity contribution in [2.24, 2.45) is 0 Å². The molecule has 0 radical (unpaired) electrons. The van der Waals surface area contributed by atoms with Crippen molar-refractivity contribution in [2.45, 2.75) is 19.6 Å². The van der Waals surface area contributed by atoms with E-state index in [1.54, 1.807) is 0 Å². The summed E-state index contributed by atoms with van der Waals surface area (Å²) in [4.78, 5) is 14.7. The van der Waals surface area contributed by atoms with Crippen molar-refractivity contribution >= 4 is 17.0 Å². The smallest absolute Gasteiger partial charge is 0.418 e. The molecule has 0 aliphatic heterocycles. The summed E-state index contributed by atoms with van der Waals surface area (Å²) in [6.07, 6.45) is -4.19. The number of carbonyl (C=O) groups is 1. The van der Waals surface area contributed by atoms with E-state index in [1.165, 1.54) is 6.92 Å². The number of carboxylic acids is 1. The topological polar surface area (TPSA) is 88.2 Å².